The Hall–Kier alpha value is -2.27. The molecule has 1 saturated heterocycles. The number of hydrogen-bond donors (Lipinski definition) is 0. The Balaban J connectivity index is 1.57. The number of benzene rings is 1. The largest absolute Gasteiger partial charge is 0.471 e. The highest BCUT2D eigenvalue weighted by atomic mass is 35.5. The molecular weight excluding hydrogens is 314 g/mol. The highest BCUT2D eigenvalue weighted by Gasteiger charge is 2.33. The van der Waals surface area contributed by atoms with Crippen LogP contribution in [0.2, 0.25) is 5.02 Å². The van der Waals surface area contributed by atoms with Crippen LogP contribution in [0.3, 0.4) is 0 Å². The average molecular weight is 332 g/mol. The van der Waals surface area contributed by atoms with Crippen LogP contribution in [0.5, 0.6) is 5.88 Å². The number of nitrogens with zero attached hydrogens (tertiary/aromatic N) is 3. The van der Waals surface area contributed by atoms with Crippen LogP contribution in [0.4, 0.5) is 5.69 Å². The van der Waals surface area contributed by atoms with Gasteiger partial charge < -0.3 is 14.5 Å². The molecule has 1 aliphatic heterocycles. The molecule has 0 aliphatic carbocycles. The molecule has 0 bridgehead atoms. The zero-order valence-corrected chi connectivity index (χ0v) is 13.8. The molecule has 2 heterocycles. The monoisotopic (exact) mass is 331 g/mol. The second kappa shape index (κ2) is 6.46. The fraction of sp³-hybridized carbons (Fsp3) is 0.294. The van der Waals surface area contributed by atoms with Crippen LogP contribution >= 0.6 is 11.6 Å². The molecule has 120 valence electrons. The van der Waals surface area contributed by atoms with Gasteiger partial charge in [-0.1, -0.05) is 17.7 Å². The summed E-state index contributed by atoms with van der Waals surface area (Å²) >= 11 is 5.79. The smallest absolute Gasteiger partial charge is 0.254 e. The van der Waals surface area contributed by atoms with Crippen molar-refractivity contribution in [3.05, 3.63) is 53.2 Å². The van der Waals surface area contributed by atoms with E-state index in [1.54, 1.807) is 23.2 Å². The minimum Gasteiger partial charge on any atom is -0.471 e. The van der Waals surface area contributed by atoms with Crippen LogP contribution in [0.1, 0.15) is 10.4 Å². The van der Waals surface area contributed by atoms with Gasteiger partial charge in [-0.3, -0.25) is 4.79 Å². The van der Waals surface area contributed by atoms with Crippen LogP contribution in [0.15, 0.2) is 42.6 Å². The summed E-state index contributed by atoms with van der Waals surface area (Å²) in [6.07, 6.45) is 1.52. The average Bonchev–Trinajstić information content (AvgIpc) is 2.51. The van der Waals surface area contributed by atoms with Crippen molar-refractivity contribution in [1.82, 2.24) is 9.88 Å². The SMILES string of the molecule is CN(C)c1cccc(C(=O)N2CC(Oc3ccc(Cl)cn3)C2)c1. The number of amides is 1. The predicted octanol–water partition coefficient (Wildman–Crippen LogP) is 2.70. The molecule has 1 aliphatic rings. The Morgan fingerprint density at radius 2 is 2.09 bits per heavy atom. The fourth-order valence-corrected chi connectivity index (χ4v) is 2.49. The van der Waals surface area contributed by atoms with E-state index < -0.39 is 0 Å². The summed E-state index contributed by atoms with van der Waals surface area (Å²) in [4.78, 5) is 20.3. The van der Waals surface area contributed by atoms with Gasteiger partial charge in [-0.15, -0.1) is 0 Å². The van der Waals surface area contributed by atoms with Crippen molar-refractivity contribution in [1.29, 1.82) is 0 Å². The summed E-state index contributed by atoms with van der Waals surface area (Å²) < 4.78 is 5.71. The number of ether oxygens (including phenoxy) is 1. The molecule has 0 saturated carbocycles. The highest BCUT2D eigenvalue weighted by Crippen LogP contribution is 2.21. The van der Waals surface area contributed by atoms with Crippen LogP contribution in [-0.2, 0) is 0 Å². The minimum absolute atomic E-state index is 0.0235. The van der Waals surface area contributed by atoms with Crippen molar-refractivity contribution >= 4 is 23.2 Å². The topological polar surface area (TPSA) is 45.7 Å². The third-order valence-electron chi connectivity index (χ3n) is 3.73. The maximum Gasteiger partial charge on any atom is 0.254 e. The Labute approximate surface area is 140 Å². The van der Waals surface area contributed by atoms with Gasteiger partial charge in [0, 0.05) is 37.6 Å². The molecule has 0 spiro atoms. The quantitative estimate of drug-likeness (QED) is 0.864. The van der Waals surface area contributed by atoms with Crippen molar-refractivity contribution in [3.63, 3.8) is 0 Å². The predicted molar refractivity (Wildman–Crippen MR) is 90.3 cm³/mol. The van der Waals surface area contributed by atoms with Crippen LogP contribution in [0, 0.1) is 0 Å². The highest BCUT2D eigenvalue weighted by molar-refractivity contribution is 6.30. The van der Waals surface area contributed by atoms with E-state index in [0.717, 1.165) is 5.69 Å². The molecule has 2 aromatic rings. The fourth-order valence-electron chi connectivity index (χ4n) is 2.38. The molecule has 1 aromatic carbocycles. The lowest BCUT2D eigenvalue weighted by molar-refractivity contribution is 0.0160. The van der Waals surface area contributed by atoms with Crippen molar-refractivity contribution in [3.8, 4) is 5.88 Å². The normalized spacial score (nSPS) is 14.3. The summed E-state index contributed by atoms with van der Waals surface area (Å²) in [5.74, 6) is 0.554. The van der Waals surface area contributed by atoms with E-state index in [4.69, 9.17) is 16.3 Å². The minimum atomic E-state index is -0.0235. The molecule has 0 unspecified atom stereocenters. The molecule has 1 amide bonds. The number of likely N-dealkylation sites (tertiary alicyclic amines) is 1. The van der Waals surface area contributed by atoms with E-state index >= 15 is 0 Å². The van der Waals surface area contributed by atoms with E-state index in [1.165, 1.54) is 0 Å². The third-order valence-corrected chi connectivity index (χ3v) is 3.96. The summed E-state index contributed by atoms with van der Waals surface area (Å²) in [6, 6.07) is 11.1. The molecule has 23 heavy (non-hydrogen) atoms. The van der Waals surface area contributed by atoms with E-state index in [1.807, 2.05) is 43.3 Å². The number of halogens is 1. The molecule has 0 N–H and O–H groups in total. The number of aromatic nitrogens is 1. The van der Waals surface area contributed by atoms with Crippen molar-refractivity contribution in [2.45, 2.75) is 6.10 Å². The number of pyridine rings is 1. The lowest BCUT2D eigenvalue weighted by Gasteiger charge is -2.38. The number of carbonyl (C=O) groups is 1. The Morgan fingerprint density at radius 1 is 1.30 bits per heavy atom. The van der Waals surface area contributed by atoms with E-state index in [9.17, 15) is 4.79 Å². The van der Waals surface area contributed by atoms with Gasteiger partial charge in [-0.25, -0.2) is 4.98 Å². The lowest BCUT2D eigenvalue weighted by atomic mass is 10.1. The van der Waals surface area contributed by atoms with Gasteiger partial charge in [0.15, 0.2) is 0 Å². The molecule has 6 heteroatoms. The van der Waals surface area contributed by atoms with Crippen LogP contribution < -0.4 is 9.64 Å². The first kappa shape index (κ1) is 15.6. The maximum absolute atomic E-state index is 12.5. The first-order valence-electron chi connectivity index (χ1n) is 7.38. The zero-order chi connectivity index (χ0) is 16.4. The maximum atomic E-state index is 12.5. The summed E-state index contributed by atoms with van der Waals surface area (Å²) in [6.45, 7) is 1.13. The van der Waals surface area contributed by atoms with Crippen molar-refractivity contribution < 1.29 is 9.53 Å². The second-order valence-electron chi connectivity index (χ2n) is 5.71. The number of rotatable bonds is 4. The van der Waals surface area contributed by atoms with Gasteiger partial charge in [0.05, 0.1) is 18.1 Å². The van der Waals surface area contributed by atoms with Gasteiger partial charge >= 0.3 is 0 Å². The van der Waals surface area contributed by atoms with Crippen molar-refractivity contribution in [2.24, 2.45) is 0 Å². The molecule has 1 aromatic heterocycles. The van der Waals surface area contributed by atoms with Gasteiger partial charge in [0.1, 0.15) is 6.10 Å². The number of anilines is 1. The Morgan fingerprint density at radius 3 is 2.74 bits per heavy atom. The Kier molecular flexibility index (Phi) is 4.39. The molecule has 1 fully saturated rings. The van der Waals surface area contributed by atoms with Crippen molar-refractivity contribution in [2.75, 3.05) is 32.1 Å². The third kappa shape index (κ3) is 3.56. The van der Waals surface area contributed by atoms with E-state index in [-0.39, 0.29) is 12.0 Å². The van der Waals surface area contributed by atoms with E-state index in [0.29, 0.717) is 29.6 Å². The first-order chi connectivity index (χ1) is 11.0. The lowest BCUT2D eigenvalue weighted by Crippen LogP contribution is -2.56. The van der Waals surface area contributed by atoms with Gasteiger partial charge in [0.25, 0.3) is 5.91 Å². The van der Waals surface area contributed by atoms with Crippen LogP contribution in [0.25, 0.3) is 0 Å². The summed E-state index contributed by atoms with van der Waals surface area (Å²) in [5, 5.41) is 0.573. The molecule has 3 rings (SSSR count). The second-order valence-corrected chi connectivity index (χ2v) is 6.15. The van der Waals surface area contributed by atoms with E-state index in [2.05, 4.69) is 4.98 Å². The number of carbonyl (C=O) groups excluding carboxylic acids is 1. The van der Waals surface area contributed by atoms with Gasteiger partial charge in [0.2, 0.25) is 5.88 Å². The molecule has 0 atom stereocenters. The van der Waals surface area contributed by atoms with Crippen LogP contribution in [-0.4, -0.2) is 49.1 Å². The summed E-state index contributed by atoms with van der Waals surface area (Å²) in [5.41, 5.74) is 1.70. The Bertz CT molecular complexity index is 697. The molecular formula is C17H18ClN3O2. The molecule has 5 nitrogen and oxygen atoms in total. The number of hydrogen-bond acceptors (Lipinski definition) is 4. The zero-order valence-electron chi connectivity index (χ0n) is 13.1. The summed E-state index contributed by atoms with van der Waals surface area (Å²) in [7, 11) is 3.91. The van der Waals surface area contributed by atoms with Gasteiger partial charge in [-0.2, -0.15) is 0 Å². The standard InChI is InChI=1S/C17H18ClN3O2/c1-20(2)14-5-3-4-12(8-14)17(22)21-10-15(11-21)23-16-7-6-13(18)9-19-16/h3-9,15H,10-11H2,1-2H3. The first-order valence-corrected chi connectivity index (χ1v) is 7.75. The molecule has 0 radical (unpaired) electrons. The van der Waals surface area contributed by atoms with Gasteiger partial charge in [-0.05, 0) is 24.3 Å².